The van der Waals surface area contributed by atoms with Gasteiger partial charge >= 0.3 is 0 Å². The fourth-order valence-electron chi connectivity index (χ4n) is 1.84. The Morgan fingerprint density at radius 2 is 2.05 bits per heavy atom. The van der Waals surface area contributed by atoms with Crippen LogP contribution >= 0.6 is 11.8 Å². The fourth-order valence-corrected chi connectivity index (χ4v) is 2.25. The van der Waals surface area contributed by atoms with E-state index in [2.05, 4.69) is 42.7 Å². The first-order chi connectivity index (χ1) is 9.73. The lowest BCUT2D eigenvalue weighted by Gasteiger charge is -2.16. The summed E-state index contributed by atoms with van der Waals surface area (Å²) in [6, 6.07) is 8.08. The Balaban J connectivity index is 2.55. The van der Waals surface area contributed by atoms with Crippen LogP contribution in [-0.2, 0) is 6.42 Å². The molecule has 3 heteroatoms. The van der Waals surface area contributed by atoms with Gasteiger partial charge in [-0.3, -0.25) is 0 Å². The van der Waals surface area contributed by atoms with Gasteiger partial charge in [0.05, 0.1) is 0 Å². The molecule has 108 valence electrons. The Bertz CT molecular complexity index is 451. The molecule has 1 aromatic rings. The van der Waals surface area contributed by atoms with Crippen molar-refractivity contribution in [1.29, 1.82) is 0 Å². The molecule has 1 atom stereocenters. The van der Waals surface area contributed by atoms with Crippen molar-refractivity contribution in [3.63, 3.8) is 0 Å². The van der Waals surface area contributed by atoms with Gasteiger partial charge in [-0.25, -0.2) is 4.39 Å². The molecule has 0 saturated heterocycles. The first kappa shape index (κ1) is 16.7. The Kier molecular flexibility index (Phi) is 8.00. The van der Waals surface area contributed by atoms with E-state index in [-0.39, 0.29) is 12.7 Å². The van der Waals surface area contributed by atoms with Crippen LogP contribution in [0, 0.1) is 0 Å². The number of allylic oxidation sites excluding steroid dienone is 2. The normalized spacial score (nSPS) is 13.0. The maximum Gasteiger partial charge on any atom is 0.105 e. The maximum atomic E-state index is 13.1. The number of thioether (sulfide) groups is 1. The molecule has 0 bridgehead atoms. The Hall–Kier alpha value is -1.32. The van der Waals surface area contributed by atoms with Crippen LogP contribution in [0.25, 0.3) is 0 Å². The molecule has 1 nitrogen and oxygen atoms in total. The monoisotopic (exact) mass is 291 g/mol. The van der Waals surface area contributed by atoms with Crippen LogP contribution in [0.15, 0.2) is 66.1 Å². The van der Waals surface area contributed by atoms with Gasteiger partial charge in [0.1, 0.15) is 6.67 Å². The molecule has 0 saturated carbocycles. The molecule has 0 aromatic heterocycles. The van der Waals surface area contributed by atoms with E-state index in [0.29, 0.717) is 13.0 Å². The molecule has 1 N–H and O–H groups in total. The Morgan fingerprint density at radius 1 is 1.35 bits per heavy atom. The fraction of sp³-hybridized carbons (Fsp3) is 0.294. The predicted molar refractivity (Wildman–Crippen MR) is 88.2 cm³/mol. The molecule has 0 spiro atoms. The quantitative estimate of drug-likeness (QED) is 0.541. The second kappa shape index (κ2) is 9.56. The lowest BCUT2D eigenvalue weighted by Crippen LogP contribution is -2.34. The predicted octanol–water partition coefficient (Wildman–Crippen LogP) is 4.18. The van der Waals surface area contributed by atoms with Gasteiger partial charge < -0.3 is 5.32 Å². The average molecular weight is 291 g/mol. The average Bonchev–Trinajstić information content (AvgIpc) is 2.50. The van der Waals surface area contributed by atoms with Crippen molar-refractivity contribution >= 4 is 11.8 Å². The summed E-state index contributed by atoms with van der Waals surface area (Å²) < 4.78 is 13.1. The van der Waals surface area contributed by atoms with E-state index in [0.717, 1.165) is 11.1 Å². The summed E-state index contributed by atoms with van der Waals surface area (Å²) in [5.41, 5.74) is 2.15. The smallest absolute Gasteiger partial charge is 0.105 e. The van der Waals surface area contributed by atoms with Crippen molar-refractivity contribution in [2.24, 2.45) is 0 Å². The lowest BCUT2D eigenvalue weighted by molar-refractivity contribution is 0.380. The van der Waals surface area contributed by atoms with E-state index in [4.69, 9.17) is 0 Å². The largest absolute Gasteiger partial charge is 0.307 e. The highest BCUT2D eigenvalue weighted by Crippen LogP contribution is 2.15. The minimum Gasteiger partial charge on any atom is -0.307 e. The van der Waals surface area contributed by atoms with Crippen LogP contribution < -0.4 is 5.32 Å². The minimum absolute atomic E-state index is 0.178. The van der Waals surface area contributed by atoms with E-state index in [1.54, 1.807) is 23.9 Å². The van der Waals surface area contributed by atoms with E-state index in [9.17, 15) is 4.39 Å². The Morgan fingerprint density at radius 3 is 2.55 bits per heavy atom. The zero-order chi connectivity index (χ0) is 14.8. The molecule has 0 heterocycles. The maximum absolute atomic E-state index is 13.1. The molecular weight excluding hydrogens is 269 g/mol. The summed E-state index contributed by atoms with van der Waals surface area (Å²) in [6.45, 7) is 7.60. The highest BCUT2D eigenvalue weighted by molar-refractivity contribution is 7.98. The SMILES string of the molecule is C=C/C=C(\C=C)CNC(CF)Cc1ccc(SC)cc1. The van der Waals surface area contributed by atoms with Crippen LogP contribution in [-0.4, -0.2) is 25.5 Å². The minimum atomic E-state index is -0.386. The van der Waals surface area contributed by atoms with Crippen LogP contribution in [0.3, 0.4) is 0 Å². The van der Waals surface area contributed by atoms with E-state index in [1.807, 2.05) is 12.3 Å². The van der Waals surface area contributed by atoms with Crippen molar-refractivity contribution in [3.8, 4) is 0 Å². The molecule has 1 rings (SSSR count). The van der Waals surface area contributed by atoms with Gasteiger partial charge in [0.15, 0.2) is 0 Å². The summed E-state index contributed by atoms with van der Waals surface area (Å²) >= 11 is 1.71. The van der Waals surface area contributed by atoms with Gasteiger partial charge in [-0.2, -0.15) is 0 Å². The number of alkyl halides is 1. The first-order valence-corrected chi connectivity index (χ1v) is 7.82. The molecule has 1 unspecified atom stereocenters. The topological polar surface area (TPSA) is 12.0 Å². The van der Waals surface area contributed by atoms with Crippen molar-refractivity contribution in [2.75, 3.05) is 19.5 Å². The van der Waals surface area contributed by atoms with Crippen molar-refractivity contribution < 1.29 is 4.39 Å². The number of hydrogen-bond donors (Lipinski definition) is 1. The van der Waals surface area contributed by atoms with Crippen LogP contribution in [0.1, 0.15) is 5.56 Å². The van der Waals surface area contributed by atoms with E-state index < -0.39 is 0 Å². The number of benzene rings is 1. The third-order valence-corrected chi connectivity index (χ3v) is 3.76. The molecule has 0 aliphatic heterocycles. The number of nitrogens with one attached hydrogen (secondary N) is 1. The second-order valence-corrected chi connectivity index (χ2v) is 5.35. The summed E-state index contributed by atoms with van der Waals surface area (Å²) in [4.78, 5) is 1.22. The van der Waals surface area contributed by atoms with E-state index in [1.165, 1.54) is 4.90 Å². The van der Waals surface area contributed by atoms with Gasteiger partial charge in [-0.1, -0.05) is 43.5 Å². The second-order valence-electron chi connectivity index (χ2n) is 4.47. The zero-order valence-electron chi connectivity index (χ0n) is 11.9. The number of rotatable bonds is 9. The van der Waals surface area contributed by atoms with Crippen molar-refractivity contribution in [1.82, 2.24) is 5.32 Å². The number of halogens is 1. The number of hydrogen-bond acceptors (Lipinski definition) is 2. The summed E-state index contributed by atoms with van der Waals surface area (Å²) in [7, 11) is 0. The van der Waals surface area contributed by atoms with Crippen LogP contribution in [0.2, 0.25) is 0 Å². The molecule has 1 aromatic carbocycles. The van der Waals surface area contributed by atoms with Gasteiger partial charge in [0.25, 0.3) is 0 Å². The highest BCUT2D eigenvalue weighted by Gasteiger charge is 2.09. The standard InChI is InChI=1S/C17H22FNS/c1-4-6-14(5-2)13-19-16(12-18)11-15-7-9-17(20-3)10-8-15/h4-10,16,19H,1-2,11-13H2,3H3/b14-6+. The molecule has 0 aliphatic rings. The molecular formula is C17H22FNS. The lowest BCUT2D eigenvalue weighted by atomic mass is 10.1. The van der Waals surface area contributed by atoms with Gasteiger partial charge in [0.2, 0.25) is 0 Å². The van der Waals surface area contributed by atoms with Gasteiger partial charge in [-0.15, -0.1) is 11.8 Å². The molecule has 0 aliphatic carbocycles. The van der Waals surface area contributed by atoms with Crippen molar-refractivity contribution in [2.45, 2.75) is 17.4 Å². The molecule has 0 amide bonds. The molecule has 0 fully saturated rings. The van der Waals surface area contributed by atoms with Crippen LogP contribution in [0.4, 0.5) is 4.39 Å². The molecule has 0 radical (unpaired) electrons. The molecule has 20 heavy (non-hydrogen) atoms. The summed E-state index contributed by atoms with van der Waals surface area (Å²) in [5.74, 6) is 0. The Labute approximate surface area is 125 Å². The van der Waals surface area contributed by atoms with Crippen molar-refractivity contribution in [3.05, 3.63) is 66.8 Å². The summed E-state index contributed by atoms with van der Waals surface area (Å²) in [6.07, 6.45) is 8.08. The third-order valence-electron chi connectivity index (χ3n) is 3.02. The van der Waals surface area contributed by atoms with E-state index >= 15 is 0 Å². The first-order valence-electron chi connectivity index (χ1n) is 6.59. The van der Waals surface area contributed by atoms with Gasteiger partial charge in [-0.05, 0) is 35.9 Å². The zero-order valence-corrected chi connectivity index (χ0v) is 12.8. The van der Waals surface area contributed by atoms with Crippen LogP contribution in [0.5, 0.6) is 0 Å². The summed E-state index contributed by atoms with van der Waals surface area (Å²) in [5, 5.41) is 3.21. The third kappa shape index (κ3) is 5.76. The van der Waals surface area contributed by atoms with Gasteiger partial charge in [0, 0.05) is 17.5 Å². The highest BCUT2D eigenvalue weighted by atomic mass is 32.2.